The van der Waals surface area contributed by atoms with Crippen LogP contribution in [0.2, 0.25) is 0 Å². The Morgan fingerprint density at radius 1 is 1.27 bits per heavy atom. The van der Waals surface area contributed by atoms with Crippen LogP contribution in [0.25, 0.3) is 0 Å². The number of carbonyl (C=O) groups is 1. The molecule has 0 spiro atoms. The van der Waals surface area contributed by atoms with Crippen molar-refractivity contribution in [1.29, 1.82) is 0 Å². The number of anilines is 2. The predicted molar refractivity (Wildman–Crippen MR) is 119 cm³/mol. The molecule has 1 amide bonds. The molecule has 1 N–H and O–H groups in total. The van der Waals surface area contributed by atoms with Crippen LogP contribution < -0.4 is 10.1 Å². The fourth-order valence-corrected chi connectivity index (χ4v) is 5.02. The van der Waals surface area contributed by atoms with E-state index in [1.807, 2.05) is 13.8 Å². The number of carbonyl (C=O) groups excluding carboxylic acids is 1. The Balaban J connectivity index is 1.50. The Hall–Kier alpha value is -2.95. The van der Waals surface area contributed by atoms with Gasteiger partial charge in [-0.05, 0) is 51.8 Å². The molecule has 2 aliphatic heterocycles. The number of halogens is 1. The molecule has 2 aliphatic rings. The molecule has 0 saturated carbocycles. The summed E-state index contributed by atoms with van der Waals surface area (Å²) in [7, 11) is -3.52. The van der Waals surface area contributed by atoms with E-state index in [0.717, 1.165) is 25.2 Å². The van der Waals surface area contributed by atoms with Crippen molar-refractivity contribution in [3.63, 3.8) is 0 Å². The standard InChI is InChI=1S/C22H27FN4O5S/c1-12(2)31-22(28)27-14-5-8-18(27)19(9-14)32-21-13(3)20(24-11-25-21)26-17-7-6-15(10-16(17)23)33(4,29)30/h6-7,10-12,14,18-19H,5,8-9H2,1-4H3,(H,24,25,26). The normalized spacial score (nSPS) is 22.0. The first-order chi connectivity index (χ1) is 15.5. The van der Waals surface area contributed by atoms with Gasteiger partial charge in [0.05, 0.1) is 28.3 Å². The Kier molecular flexibility index (Phi) is 6.17. The molecule has 0 radical (unpaired) electrons. The van der Waals surface area contributed by atoms with Crippen molar-refractivity contribution >= 4 is 27.4 Å². The van der Waals surface area contributed by atoms with E-state index in [1.165, 1.54) is 18.5 Å². The lowest BCUT2D eigenvalue weighted by Gasteiger charge is -2.25. The number of benzene rings is 1. The maximum atomic E-state index is 14.5. The van der Waals surface area contributed by atoms with Crippen LogP contribution in [0.4, 0.5) is 20.7 Å². The molecule has 2 fully saturated rings. The zero-order valence-corrected chi connectivity index (χ0v) is 19.7. The van der Waals surface area contributed by atoms with Crippen molar-refractivity contribution in [2.75, 3.05) is 11.6 Å². The highest BCUT2D eigenvalue weighted by molar-refractivity contribution is 7.90. The number of nitrogens with one attached hydrogen (secondary N) is 1. The largest absolute Gasteiger partial charge is 0.472 e. The summed E-state index contributed by atoms with van der Waals surface area (Å²) in [5.41, 5.74) is 0.654. The van der Waals surface area contributed by atoms with Gasteiger partial charge in [0.15, 0.2) is 9.84 Å². The summed E-state index contributed by atoms with van der Waals surface area (Å²) in [6.07, 6.45) is 4.02. The molecule has 3 heterocycles. The third kappa shape index (κ3) is 4.73. The predicted octanol–water partition coefficient (Wildman–Crippen LogP) is 3.60. The number of aromatic nitrogens is 2. The van der Waals surface area contributed by atoms with E-state index in [0.29, 0.717) is 23.7 Å². The molecule has 178 valence electrons. The lowest BCUT2D eigenvalue weighted by Crippen LogP contribution is -2.40. The Bertz CT molecular complexity index is 1170. The molecule has 4 rings (SSSR count). The van der Waals surface area contributed by atoms with Crippen LogP contribution in [0, 0.1) is 12.7 Å². The second-order valence-electron chi connectivity index (χ2n) is 8.72. The van der Waals surface area contributed by atoms with E-state index < -0.39 is 15.7 Å². The average molecular weight is 479 g/mol. The highest BCUT2D eigenvalue weighted by Crippen LogP contribution is 2.40. The Morgan fingerprint density at radius 3 is 2.70 bits per heavy atom. The number of hydrogen-bond donors (Lipinski definition) is 1. The molecule has 2 bridgehead atoms. The summed E-state index contributed by atoms with van der Waals surface area (Å²) in [6, 6.07) is 3.63. The first kappa shape index (κ1) is 23.2. The summed E-state index contributed by atoms with van der Waals surface area (Å²) in [5, 5.41) is 2.88. The number of ether oxygens (including phenoxy) is 2. The van der Waals surface area contributed by atoms with Crippen LogP contribution in [0.1, 0.15) is 38.7 Å². The van der Waals surface area contributed by atoms with Crippen LogP contribution in [0.5, 0.6) is 5.88 Å². The van der Waals surface area contributed by atoms with Gasteiger partial charge in [0.2, 0.25) is 5.88 Å². The zero-order chi connectivity index (χ0) is 23.9. The van der Waals surface area contributed by atoms with Crippen LogP contribution >= 0.6 is 0 Å². The first-order valence-electron chi connectivity index (χ1n) is 10.8. The van der Waals surface area contributed by atoms with Crippen molar-refractivity contribution in [1.82, 2.24) is 14.9 Å². The first-order valence-corrected chi connectivity index (χ1v) is 12.7. The van der Waals surface area contributed by atoms with Gasteiger partial charge in [0.1, 0.15) is 24.1 Å². The number of nitrogens with zero attached hydrogens (tertiary/aromatic N) is 3. The molecule has 11 heteroatoms. The van der Waals surface area contributed by atoms with E-state index in [1.54, 1.807) is 11.8 Å². The van der Waals surface area contributed by atoms with Crippen LogP contribution in [-0.4, -0.2) is 59.9 Å². The zero-order valence-electron chi connectivity index (χ0n) is 18.9. The van der Waals surface area contributed by atoms with E-state index in [4.69, 9.17) is 9.47 Å². The van der Waals surface area contributed by atoms with Gasteiger partial charge in [-0.2, -0.15) is 0 Å². The van der Waals surface area contributed by atoms with Gasteiger partial charge in [-0.15, -0.1) is 0 Å². The lowest BCUT2D eigenvalue weighted by atomic mass is 9.98. The number of hydrogen-bond acceptors (Lipinski definition) is 8. The third-order valence-electron chi connectivity index (χ3n) is 5.95. The van der Waals surface area contributed by atoms with Gasteiger partial charge in [0, 0.05) is 18.7 Å². The number of fused-ring (bicyclic) bond motifs is 2. The van der Waals surface area contributed by atoms with Crippen molar-refractivity contribution in [2.45, 2.75) is 69.2 Å². The smallest absolute Gasteiger partial charge is 0.410 e. The van der Waals surface area contributed by atoms with Gasteiger partial charge in [0.25, 0.3) is 0 Å². The van der Waals surface area contributed by atoms with E-state index in [2.05, 4.69) is 15.3 Å². The Morgan fingerprint density at radius 2 is 2.03 bits per heavy atom. The summed E-state index contributed by atoms with van der Waals surface area (Å²) in [5.74, 6) is -0.0357. The molecule has 0 aliphatic carbocycles. The monoisotopic (exact) mass is 478 g/mol. The average Bonchev–Trinajstić information content (AvgIpc) is 3.29. The molecule has 3 atom stereocenters. The number of rotatable bonds is 6. The summed E-state index contributed by atoms with van der Waals surface area (Å²) in [4.78, 5) is 22.6. The minimum absolute atomic E-state index is 0.0773. The minimum atomic E-state index is -3.52. The topological polar surface area (TPSA) is 111 Å². The van der Waals surface area contributed by atoms with Crippen LogP contribution in [-0.2, 0) is 14.6 Å². The minimum Gasteiger partial charge on any atom is -0.472 e. The van der Waals surface area contributed by atoms with Gasteiger partial charge in [-0.1, -0.05) is 0 Å². The molecular formula is C22H27FN4O5S. The molecule has 9 nitrogen and oxygen atoms in total. The maximum absolute atomic E-state index is 14.5. The lowest BCUT2D eigenvalue weighted by molar-refractivity contribution is 0.0641. The summed E-state index contributed by atoms with van der Waals surface area (Å²) >= 11 is 0. The SMILES string of the molecule is Cc1c(Nc2ccc(S(C)(=O)=O)cc2F)ncnc1OC1CC2CCC1N2C(=O)OC(C)C. The quantitative estimate of drug-likeness (QED) is 0.671. The van der Waals surface area contributed by atoms with Gasteiger partial charge in [-0.3, -0.25) is 4.90 Å². The number of amides is 1. The highest BCUT2D eigenvalue weighted by atomic mass is 32.2. The molecule has 2 aromatic rings. The van der Waals surface area contributed by atoms with Crippen molar-refractivity contribution in [2.24, 2.45) is 0 Å². The highest BCUT2D eigenvalue weighted by Gasteiger charge is 2.51. The van der Waals surface area contributed by atoms with E-state index >= 15 is 0 Å². The molecule has 1 aromatic heterocycles. The Labute approximate surface area is 192 Å². The summed E-state index contributed by atoms with van der Waals surface area (Å²) < 4.78 is 49.3. The van der Waals surface area contributed by atoms with E-state index in [-0.39, 0.29) is 41.0 Å². The maximum Gasteiger partial charge on any atom is 0.410 e. The summed E-state index contributed by atoms with van der Waals surface area (Å²) in [6.45, 7) is 5.39. The molecule has 3 unspecified atom stereocenters. The van der Waals surface area contributed by atoms with E-state index in [9.17, 15) is 17.6 Å². The molecule has 33 heavy (non-hydrogen) atoms. The van der Waals surface area contributed by atoms with Crippen LogP contribution in [0.3, 0.4) is 0 Å². The van der Waals surface area contributed by atoms with Gasteiger partial charge >= 0.3 is 6.09 Å². The molecule has 2 saturated heterocycles. The number of sulfone groups is 1. The van der Waals surface area contributed by atoms with Crippen LogP contribution in [0.15, 0.2) is 29.4 Å². The van der Waals surface area contributed by atoms with Gasteiger partial charge < -0.3 is 14.8 Å². The van der Waals surface area contributed by atoms with Crippen molar-refractivity contribution < 1.29 is 27.1 Å². The fourth-order valence-electron chi connectivity index (χ4n) is 4.39. The fraction of sp³-hybridized carbons (Fsp3) is 0.500. The van der Waals surface area contributed by atoms with Gasteiger partial charge in [-0.25, -0.2) is 27.6 Å². The van der Waals surface area contributed by atoms with Crippen molar-refractivity contribution in [3.8, 4) is 5.88 Å². The molecular weight excluding hydrogens is 451 g/mol. The second kappa shape index (κ2) is 8.77. The third-order valence-corrected chi connectivity index (χ3v) is 7.06. The molecule has 1 aromatic carbocycles. The second-order valence-corrected chi connectivity index (χ2v) is 10.7. The van der Waals surface area contributed by atoms with Crippen molar-refractivity contribution in [3.05, 3.63) is 35.9 Å².